The van der Waals surface area contributed by atoms with Gasteiger partial charge in [0, 0.05) is 41.7 Å². The van der Waals surface area contributed by atoms with E-state index in [4.69, 9.17) is 0 Å². The molecule has 0 aliphatic carbocycles. The fraction of sp³-hybridized carbons (Fsp3) is 0.148. The molecular weight excluding hydrogens is 368 g/mol. The summed E-state index contributed by atoms with van der Waals surface area (Å²) in [4.78, 5) is 15.6. The molecule has 0 fully saturated rings. The van der Waals surface area contributed by atoms with Crippen molar-refractivity contribution in [3.63, 3.8) is 0 Å². The van der Waals surface area contributed by atoms with Crippen LogP contribution in [0, 0.1) is 11.8 Å². The summed E-state index contributed by atoms with van der Waals surface area (Å²) in [5.41, 5.74) is 7.48. The Labute approximate surface area is 175 Å². The largest absolute Gasteiger partial charge is 0.384 e. The molecule has 0 saturated heterocycles. The highest BCUT2D eigenvalue weighted by molar-refractivity contribution is 5.80. The van der Waals surface area contributed by atoms with Gasteiger partial charge in [-0.25, -0.2) is 0 Å². The predicted octanol–water partition coefficient (Wildman–Crippen LogP) is 4.68. The number of pyridine rings is 1. The van der Waals surface area contributed by atoms with Crippen LogP contribution in [0.15, 0.2) is 77.6 Å². The highest BCUT2D eigenvalue weighted by atomic mass is 16.1. The van der Waals surface area contributed by atoms with Crippen molar-refractivity contribution in [3.8, 4) is 11.8 Å². The second-order valence-electron chi connectivity index (χ2n) is 7.73. The smallest absolute Gasteiger partial charge is 0.251 e. The number of fused-ring (bicyclic) bond motifs is 2. The number of aromatic nitrogens is 1. The second kappa shape index (κ2) is 7.93. The fourth-order valence-electron chi connectivity index (χ4n) is 3.99. The van der Waals surface area contributed by atoms with Crippen molar-refractivity contribution in [1.29, 1.82) is 0 Å². The van der Waals surface area contributed by atoms with Gasteiger partial charge in [0.05, 0.1) is 0 Å². The van der Waals surface area contributed by atoms with Crippen molar-refractivity contribution in [2.45, 2.75) is 19.3 Å². The minimum atomic E-state index is -0.0240. The van der Waals surface area contributed by atoms with Crippen LogP contribution in [0.4, 0.5) is 5.69 Å². The quantitative estimate of drug-likeness (QED) is 0.499. The Morgan fingerprint density at radius 1 is 0.900 bits per heavy atom. The van der Waals surface area contributed by atoms with Crippen LogP contribution in [0.5, 0.6) is 0 Å². The van der Waals surface area contributed by atoms with Gasteiger partial charge < -0.3 is 10.3 Å². The lowest BCUT2D eigenvalue weighted by atomic mass is 10.0. The van der Waals surface area contributed by atoms with Crippen molar-refractivity contribution in [2.75, 3.05) is 11.9 Å². The summed E-state index contributed by atoms with van der Waals surface area (Å²) in [5.74, 6) is 6.49. The topological polar surface area (TPSA) is 44.9 Å². The van der Waals surface area contributed by atoms with Crippen LogP contribution in [0.2, 0.25) is 0 Å². The minimum absolute atomic E-state index is 0.0240. The second-order valence-corrected chi connectivity index (χ2v) is 7.73. The predicted molar refractivity (Wildman–Crippen MR) is 123 cm³/mol. The van der Waals surface area contributed by atoms with E-state index < -0.39 is 0 Å². The van der Waals surface area contributed by atoms with Crippen molar-refractivity contribution < 1.29 is 0 Å². The molecule has 0 amide bonds. The van der Waals surface area contributed by atoms with Crippen LogP contribution in [-0.2, 0) is 19.3 Å². The number of nitrogens with one attached hydrogen (secondary N) is 2. The molecule has 0 bridgehead atoms. The van der Waals surface area contributed by atoms with Gasteiger partial charge in [0.2, 0.25) is 0 Å². The SMILES string of the molecule is O=c1[nH]c2ccc(C#CCc3ccccc3)cc2cc1Cc1ccc2c(c1)CCN2. The molecule has 0 radical (unpaired) electrons. The maximum Gasteiger partial charge on any atom is 0.251 e. The van der Waals surface area contributed by atoms with E-state index in [0.29, 0.717) is 6.42 Å². The summed E-state index contributed by atoms with van der Waals surface area (Å²) in [5, 5.41) is 4.39. The average Bonchev–Trinajstić information content (AvgIpc) is 3.23. The van der Waals surface area contributed by atoms with E-state index in [-0.39, 0.29) is 5.56 Å². The zero-order valence-corrected chi connectivity index (χ0v) is 16.7. The summed E-state index contributed by atoms with van der Waals surface area (Å²) in [6.45, 7) is 0.990. The molecule has 0 saturated carbocycles. The molecule has 3 aromatic carbocycles. The lowest BCUT2D eigenvalue weighted by Crippen LogP contribution is -2.12. The van der Waals surface area contributed by atoms with Gasteiger partial charge in [0.1, 0.15) is 0 Å². The van der Waals surface area contributed by atoms with Crippen LogP contribution in [0.3, 0.4) is 0 Å². The molecule has 0 atom stereocenters. The third-order valence-corrected chi connectivity index (χ3v) is 5.56. The molecular formula is C27H22N2O. The van der Waals surface area contributed by atoms with Crippen LogP contribution in [0.25, 0.3) is 10.9 Å². The Morgan fingerprint density at radius 3 is 2.70 bits per heavy atom. The first-order chi connectivity index (χ1) is 14.7. The summed E-state index contributed by atoms with van der Waals surface area (Å²) >= 11 is 0. The van der Waals surface area contributed by atoms with Crippen LogP contribution in [0.1, 0.15) is 27.8 Å². The molecule has 4 aromatic rings. The maximum absolute atomic E-state index is 12.6. The average molecular weight is 390 g/mol. The molecule has 5 rings (SSSR count). The van der Waals surface area contributed by atoms with E-state index in [0.717, 1.165) is 41.4 Å². The first-order valence-corrected chi connectivity index (χ1v) is 10.3. The number of hydrogen-bond donors (Lipinski definition) is 2. The molecule has 1 aliphatic rings. The summed E-state index contributed by atoms with van der Waals surface area (Å²) in [7, 11) is 0. The molecule has 0 spiro atoms. The van der Waals surface area contributed by atoms with Crippen LogP contribution >= 0.6 is 0 Å². The van der Waals surface area contributed by atoms with Gasteiger partial charge in [-0.2, -0.15) is 0 Å². The van der Waals surface area contributed by atoms with Gasteiger partial charge >= 0.3 is 0 Å². The van der Waals surface area contributed by atoms with E-state index in [1.807, 2.05) is 36.4 Å². The Kier molecular flexibility index (Phi) is 4.83. The van der Waals surface area contributed by atoms with Crippen LogP contribution in [-0.4, -0.2) is 11.5 Å². The van der Waals surface area contributed by atoms with Gasteiger partial charge in [-0.3, -0.25) is 4.79 Å². The first kappa shape index (κ1) is 18.3. The Hall–Kier alpha value is -3.77. The number of H-pyrrole nitrogens is 1. The summed E-state index contributed by atoms with van der Waals surface area (Å²) in [6, 6.07) is 24.6. The highest BCUT2D eigenvalue weighted by Crippen LogP contribution is 2.24. The lowest BCUT2D eigenvalue weighted by Gasteiger charge is -2.06. The third-order valence-electron chi connectivity index (χ3n) is 5.56. The van der Waals surface area contributed by atoms with Gasteiger partial charge in [0.25, 0.3) is 5.56 Å². The van der Waals surface area contributed by atoms with Crippen molar-refractivity contribution in [2.24, 2.45) is 0 Å². The number of rotatable bonds is 3. The number of aromatic amines is 1. The van der Waals surface area contributed by atoms with Gasteiger partial charge in [-0.1, -0.05) is 54.3 Å². The molecule has 2 N–H and O–H groups in total. The lowest BCUT2D eigenvalue weighted by molar-refractivity contribution is 1.09. The number of hydrogen-bond acceptors (Lipinski definition) is 2. The normalized spacial score (nSPS) is 12.1. The Morgan fingerprint density at radius 2 is 1.80 bits per heavy atom. The Bertz CT molecular complexity index is 1340. The zero-order valence-electron chi connectivity index (χ0n) is 16.7. The molecule has 1 aromatic heterocycles. The number of anilines is 1. The van der Waals surface area contributed by atoms with Gasteiger partial charge in [0.15, 0.2) is 0 Å². The van der Waals surface area contributed by atoms with Gasteiger partial charge in [-0.15, -0.1) is 0 Å². The van der Waals surface area contributed by atoms with E-state index >= 15 is 0 Å². The number of benzene rings is 3. The highest BCUT2D eigenvalue weighted by Gasteiger charge is 2.11. The summed E-state index contributed by atoms with van der Waals surface area (Å²) in [6.07, 6.45) is 2.40. The van der Waals surface area contributed by atoms with E-state index in [1.54, 1.807) is 0 Å². The standard InChI is InChI=1S/C27H22N2O/c30-27-24(17-21-10-11-25-22(16-21)13-14-28-25)18-23-15-20(9-12-26(23)29-27)8-4-7-19-5-2-1-3-6-19/h1-3,5-6,9-12,15-16,18,28H,7,13-14,17H2,(H,29,30). The molecule has 1 aliphatic heterocycles. The van der Waals surface area contributed by atoms with Crippen LogP contribution < -0.4 is 10.9 Å². The Balaban J connectivity index is 1.41. The van der Waals surface area contributed by atoms with E-state index in [9.17, 15) is 4.79 Å². The molecule has 146 valence electrons. The van der Waals surface area contributed by atoms with E-state index in [1.165, 1.54) is 22.4 Å². The van der Waals surface area contributed by atoms with Crippen molar-refractivity contribution in [1.82, 2.24) is 4.98 Å². The maximum atomic E-state index is 12.6. The zero-order chi connectivity index (χ0) is 20.3. The minimum Gasteiger partial charge on any atom is -0.384 e. The van der Waals surface area contributed by atoms with Crippen molar-refractivity contribution in [3.05, 3.63) is 111 Å². The van der Waals surface area contributed by atoms with E-state index in [2.05, 4.69) is 58.5 Å². The molecule has 2 heterocycles. The molecule has 30 heavy (non-hydrogen) atoms. The first-order valence-electron chi connectivity index (χ1n) is 10.3. The molecule has 3 nitrogen and oxygen atoms in total. The van der Waals surface area contributed by atoms with Gasteiger partial charge in [-0.05, 0) is 58.8 Å². The summed E-state index contributed by atoms with van der Waals surface area (Å²) < 4.78 is 0. The monoisotopic (exact) mass is 390 g/mol. The van der Waals surface area contributed by atoms with Crippen molar-refractivity contribution >= 4 is 16.6 Å². The third kappa shape index (κ3) is 3.86. The molecule has 3 heteroatoms. The molecule has 0 unspecified atom stereocenters. The fourth-order valence-corrected chi connectivity index (χ4v) is 3.99.